The van der Waals surface area contributed by atoms with E-state index in [0.717, 1.165) is 0 Å². The van der Waals surface area contributed by atoms with E-state index >= 15 is 0 Å². The Labute approximate surface area is 172 Å². The molecular weight excluding hydrogens is 418 g/mol. The van der Waals surface area contributed by atoms with Crippen LogP contribution in [0.2, 0.25) is 0 Å². The van der Waals surface area contributed by atoms with Crippen LogP contribution < -0.4 is 0 Å². The molecule has 0 aliphatic carbocycles. The Hall–Kier alpha value is -2.45. The molecule has 11 heteroatoms. The molecule has 0 bridgehead atoms. The number of hydrogen-bond donors (Lipinski definition) is 0. The van der Waals surface area contributed by atoms with E-state index in [0.29, 0.717) is 36.8 Å². The fourth-order valence-corrected chi connectivity index (χ4v) is 3.85. The lowest BCUT2D eigenvalue weighted by Crippen LogP contribution is -2.10. The molecule has 9 nitrogen and oxygen atoms in total. The number of nitriles is 1. The van der Waals surface area contributed by atoms with Crippen molar-refractivity contribution in [3.63, 3.8) is 0 Å². The number of nitrogens with zero attached hydrogens (tertiary/aromatic N) is 3. The zero-order valence-electron chi connectivity index (χ0n) is 16.7. The predicted octanol–water partition coefficient (Wildman–Crippen LogP) is 2.93. The largest absolute Gasteiger partial charge is 0.328 e. The lowest BCUT2D eigenvalue weighted by Gasteiger charge is -2.05. The van der Waals surface area contributed by atoms with Gasteiger partial charge in [-0.15, -0.1) is 0 Å². The molecule has 0 aliphatic heterocycles. The Morgan fingerprint density at radius 2 is 1.48 bits per heavy atom. The normalized spacial score (nSPS) is 13.0. The minimum Gasteiger partial charge on any atom is -0.268 e. The van der Waals surface area contributed by atoms with Crippen LogP contribution in [-0.4, -0.2) is 39.8 Å². The molecule has 1 aromatic rings. The molecule has 0 heterocycles. The van der Waals surface area contributed by atoms with Crippen LogP contribution in [0.1, 0.15) is 57.6 Å². The van der Waals surface area contributed by atoms with E-state index in [9.17, 15) is 22.1 Å². The van der Waals surface area contributed by atoms with Crippen molar-refractivity contribution >= 4 is 31.7 Å². The average molecular weight is 444 g/mol. The van der Waals surface area contributed by atoms with E-state index in [1.807, 2.05) is 13.8 Å². The van der Waals surface area contributed by atoms with E-state index in [2.05, 4.69) is 18.9 Å². The Morgan fingerprint density at radius 3 is 2.00 bits per heavy atom. The SMILES string of the molecule is CCCCS(=O)(=O)ON=C(C)c1cccc(C(C#N)=NOS(=O)(=O)CCCC)c1. The summed E-state index contributed by atoms with van der Waals surface area (Å²) >= 11 is 0. The van der Waals surface area contributed by atoms with Gasteiger partial charge < -0.3 is 0 Å². The first-order chi connectivity index (χ1) is 13.6. The third-order valence-electron chi connectivity index (χ3n) is 3.69. The summed E-state index contributed by atoms with van der Waals surface area (Å²) in [5.41, 5.74) is 0.793. The molecule has 160 valence electrons. The maximum atomic E-state index is 11.7. The second-order valence-corrected chi connectivity index (χ2v) is 9.53. The summed E-state index contributed by atoms with van der Waals surface area (Å²) in [5.74, 6) is -0.323. The van der Waals surface area contributed by atoms with E-state index in [4.69, 9.17) is 0 Å². The van der Waals surface area contributed by atoms with Gasteiger partial charge in [-0.25, -0.2) is 0 Å². The summed E-state index contributed by atoms with van der Waals surface area (Å²) in [6.07, 6.45) is 2.27. The molecule has 0 saturated carbocycles. The summed E-state index contributed by atoms with van der Waals surface area (Å²) in [6, 6.07) is 8.06. The van der Waals surface area contributed by atoms with Gasteiger partial charge in [0.2, 0.25) is 0 Å². The quantitative estimate of drug-likeness (QED) is 0.358. The highest BCUT2D eigenvalue weighted by Crippen LogP contribution is 2.11. The Balaban J connectivity index is 3.01. The molecule has 1 rings (SSSR count). The highest BCUT2D eigenvalue weighted by Gasteiger charge is 2.14. The maximum absolute atomic E-state index is 11.7. The second kappa shape index (κ2) is 11.5. The molecule has 0 saturated heterocycles. The van der Waals surface area contributed by atoms with Gasteiger partial charge in [0.1, 0.15) is 6.07 Å². The minimum absolute atomic E-state index is 0.130. The molecule has 0 amide bonds. The zero-order valence-corrected chi connectivity index (χ0v) is 18.3. The number of hydrogen-bond acceptors (Lipinski definition) is 9. The molecule has 0 radical (unpaired) electrons. The van der Waals surface area contributed by atoms with Crippen molar-refractivity contribution in [2.24, 2.45) is 10.3 Å². The van der Waals surface area contributed by atoms with Gasteiger partial charge in [0.25, 0.3) is 0 Å². The summed E-state index contributed by atoms with van der Waals surface area (Å²) in [4.78, 5) is 0. The lowest BCUT2D eigenvalue weighted by atomic mass is 10.0. The minimum atomic E-state index is -3.87. The van der Waals surface area contributed by atoms with Gasteiger partial charge in [-0.2, -0.15) is 22.1 Å². The van der Waals surface area contributed by atoms with Crippen LogP contribution in [0, 0.1) is 11.3 Å². The van der Waals surface area contributed by atoms with Gasteiger partial charge >= 0.3 is 20.2 Å². The van der Waals surface area contributed by atoms with Crippen LogP contribution in [0.4, 0.5) is 0 Å². The van der Waals surface area contributed by atoms with Gasteiger partial charge in [-0.1, -0.05) is 55.2 Å². The summed E-state index contributed by atoms with van der Waals surface area (Å²) < 4.78 is 56.2. The fraction of sp³-hybridized carbons (Fsp3) is 0.500. The fourth-order valence-electron chi connectivity index (χ4n) is 2.01. The predicted molar refractivity (Wildman–Crippen MR) is 110 cm³/mol. The van der Waals surface area contributed by atoms with Gasteiger partial charge in [0.05, 0.1) is 17.2 Å². The highest BCUT2D eigenvalue weighted by molar-refractivity contribution is 7.86. The molecule has 0 fully saturated rings. The lowest BCUT2D eigenvalue weighted by molar-refractivity contribution is 0.337. The van der Waals surface area contributed by atoms with Crippen molar-refractivity contribution in [1.29, 1.82) is 5.26 Å². The third kappa shape index (κ3) is 9.06. The van der Waals surface area contributed by atoms with Crippen LogP contribution in [-0.2, 0) is 28.8 Å². The zero-order chi connectivity index (χ0) is 21.9. The standard InChI is InChI=1S/C18H25N3O6S2/c1-4-6-11-28(22,23)26-20-15(3)16-9-8-10-17(13-16)18(14-19)21-27-29(24,25)12-7-5-2/h8-10,13H,4-7,11-12H2,1-3H3. The molecular formula is C18H25N3O6S2. The van der Waals surface area contributed by atoms with Crippen molar-refractivity contribution in [1.82, 2.24) is 0 Å². The van der Waals surface area contributed by atoms with Crippen LogP contribution in [0.5, 0.6) is 0 Å². The average Bonchev–Trinajstić information content (AvgIpc) is 2.70. The third-order valence-corrected chi connectivity index (χ3v) is 5.87. The first-order valence-electron chi connectivity index (χ1n) is 9.10. The highest BCUT2D eigenvalue weighted by atomic mass is 32.2. The van der Waals surface area contributed by atoms with Crippen molar-refractivity contribution in [3.05, 3.63) is 35.4 Å². The molecule has 1 aromatic carbocycles. The second-order valence-electron chi connectivity index (χ2n) is 6.19. The monoisotopic (exact) mass is 443 g/mol. The summed E-state index contributed by atoms with van der Waals surface area (Å²) in [6.45, 7) is 5.25. The number of benzene rings is 1. The van der Waals surface area contributed by atoms with Gasteiger partial charge in [0, 0.05) is 5.56 Å². The summed E-state index contributed by atoms with van der Waals surface area (Å²) in [5, 5.41) is 16.4. The molecule has 0 unspecified atom stereocenters. The number of unbranched alkanes of at least 4 members (excludes halogenated alkanes) is 2. The molecule has 0 aromatic heterocycles. The van der Waals surface area contributed by atoms with Gasteiger partial charge in [-0.3, -0.25) is 8.57 Å². The van der Waals surface area contributed by atoms with E-state index in [1.165, 1.54) is 6.07 Å². The Kier molecular flexibility index (Phi) is 9.77. The topological polar surface area (TPSA) is 135 Å². The molecule has 0 N–H and O–H groups in total. The van der Waals surface area contributed by atoms with Crippen molar-refractivity contribution in [2.45, 2.75) is 46.5 Å². The van der Waals surface area contributed by atoms with E-state index < -0.39 is 20.2 Å². The van der Waals surface area contributed by atoms with Crippen molar-refractivity contribution in [2.75, 3.05) is 11.5 Å². The number of oxime groups is 2. The first kappa shape index (κ1) is 24.6. The van der Waals surface area contributed by atoms with Crippen molar-refractivity contribution < 1.29 is 25.4 Å². The molecule has 0 spiro atoms. The first-order valence-corrected chi connectivity index (χ1v) is 12.3. The number of rotatable bonds is 12. The van der Waals surface area contributed by atoms with Crippen LogP contribution >= 0.6 is 0 Å². The summed E-state index contributed by atoms with van der Waals surface area (Å²) in [7, 11) is -7.63. The Morgan fingerprint density at radius 1 is 0.966 bits per heavy atom. The maximum Gasteiger partial charge on any atom is 0.328 e. The molecule has 29 heavy (non-hydrogen) atoms. The smallest absolute Gasteiger partial charge is 0.268 e. The van der Waals surface area contributed by atoms with Crippen LogP contribution in [0.15, 0.2) is 34.6 Å². The van der Waals surface area contributed by atoms with Crippen LogP contribution in [0.25, 0.3) is 0 Å². The molecule has 0 aliphatic rings. The van der Waals surface area contributed by atoms with E-state index in [-0.39, 0.29) is 22.9 Å². The van der Waals surface area contributed by atoms with E-state index in [1.54, 1.807) is 31.2 Å². The molecule has 0 atom stereocenters. The van der Waals surface area contributed by atoms with Crippen LogP contribution in [0.3, 0.4) is 0 Å². The van der Waals surface area contributed by atoms with Gasteiger partial charge in [-0.05, 0) is 31.4 Å². The van der Waals surface area contributed by atoms with Crippen molar-refractivity contribution in [3.8, 4) is 6.07 Å². The van der Waals surface area contributed by atoms with Gasteiger partial charge in [0.15, 0.2) is 5.71 Å². The Bertz CT molecular complexity index is 993.